The number of benzene rings is 4. The highest BCUT2D eigenvalue weighted by molar-refractivity contribution is 6.09. The van der Waals surface area contributed by atoms with E-state index in [1.54, 1.807) is 0 Å². The zero-order valence-electron chi connectivity index (χ0n) is 15.8. The lowest BCUT2D eigenvalue weighted by Gasteiger charge is -2.19. The van der Waals surface area contributed by atoms with Gasteiger partial charge in [0.25, 0.3) is 0 Å². The Balaban J connectivity index is 1.96. The fraction of sp³-hybridized carbons (Fsp3) is 0.0370. The summed E-state index contributed by atoms with van der Waals surface area (Å²) in [6.45, 7) is 2.14. The maximum absolute atomic E-state index is 3.22. The Morgan fingerprint density at radius 1 is 0.607 bits per heavy atom. The lowest BCUT2D eigenvalue weighted by molar-refractivity contribution is 1.41. The first-order valence-corrected chi connectivity index (χ1v) is 9.62. The van der Waals surface area contributed by atoms with E-state index < -0.39 is 0 Å². The molecule has 0 atom stereocenters. The maximum atomic E-state index is 3.22. The summed E-state index contributed by atoms with van der Waals surface area (Å²) in [5, 5.41) is 2.54. The van der Waals surface area contributed by atoms with Crippen molar-refractivity contribution in [2.75, 3.05) is 0 Å². The number of hydrogen-bond acceptors (Lipinski definition) is 0. The Hall–Kier alpha value is -3.58. The fourth-order valence-corrected chi connectivity index (χ4v) is 3.99. The molecule has 0 bridgehead atoms. The first kappa shape index (κ1) is 16.6. The van der Waals surface area contributed by atoms with Crippen molar-refractivity contribution in [3.63, 3.8) is 0 Å². The van der Waals surface area contributed by atoms with Crippen molar-refractivity contribution >= 4 is 10.8 Å². The number of fused-ring (bicyclic) bond motifs is 1. The average molecular weight is 359 g/mol. The number of aromatic amines is 1. The minimum Gasteiger partial charge on any atom is -0.367 e. The third-order valence-electron chi connectivity index (χ3n) is 5.36. The molecule has 1 nitrogen and oxygen atoms in total. The summed E-state index contributed by atoms with van der Waals surface area (Å²) < 4.78 is 0. The second-order valence-electron chi connectivity index (χ2n) is 7.23. The molecular weight excluding hydrogens is 338 g/mol. The molecule has 1 heteroatoms. The van der Waals surface area contributed by atoms with Gasteiger partial charge in [0.1, 0.15) is 0 Å². The summed E-state index contributed by atoms with van der Waals surface area (Å²) >= 11 is 0. The molecule has 0 aliphatic carbocycles. The van der Waals surface area contributed by atoms with E-state index in [2.05, 4.69) is 109 Å². The lowest BCUT2D eigenvalue weighted by Crippen LogP contribution is -1.92. The maximum Gasteiger partial charge on any atom is 0.00843 e. The van der Waals surface area contributed by atoms with Crippen LogP contribution in [0.25, 0.3) is 44.2 Å². The molecule has 0 unspecified atom stereocenters. The molecule has 0 saturated carbocycles. The van der Waals surface area contributed by atoms with E-state index in [9.17, 15) is 0 Å². The molecule has 0 amide bonds. The molecule has 1 aromatic heterocycles. The van der Waals surface area contributed by atoms with Crippen LogP contribution in [0.3, 0.4) is 0 Å². The van der Waals surface area contributed by atoms with Crippen molar-refractivity contribution in [2.24, 2.45) is 0 Å². The topological polar surface area (TPSA) is 15.8 Å². The quantitative estimate of drug-likeness (QED) is 0.344. The van der Waals surface area contributed by atoms with Crippen LogP contribution in [-0.4, -0.2) is 4.98 Å². The van der Waals surface area contributed by atoms with Crippen LogP contribution in [0.5, 0.6) is 0 Å². The molecule has 0 radical (unpaired) electrons. The van der Waals surface area contributed by atoms with Gasteiger partial charge in [-0.05, 0) is 63.2 Å². The molecule has 4 aromatic carbocycles. The highest BCUT2D eigenvalue weighted by Crippen LogP contribution is 2.44. The molecule has 1 N–H and O–H groups in total. The average Bonchev–Trinajstić information content (AvgIpc) is 3.28. The van der Waals surface area contributed by atoms with E-state index in [1.807, 2.05) is 6.20 Å². The van der Waals surface area contributed by atoms with Gasteiger partial charge >= 0.3 is 0 Å². The Labute approximate surface area is 165 Å². The van der Waals surface area contributed by atoms with Gasteiger partial charge in [-0.15, -0.1) is 0 Å². The highest BCUT2D eigenvalue weighted by Gasteiger charge is 2.18. The van der Waals surface area contributed by atoms with Crippen LogP contribution >= 0.6 is 0 Å². The fourth-order valence-electron chi connectivity index (χ4n) is 3.99. The minimum atomic E-state index is 1.21. The van der Waals surface area contributed by atoms with Gasteiger partial charge in [-0.2, -0.15) is 0 Å². The first-order valence-electron chi connectivity index (χ1n) is 9.62. The van der Waals surface area contributed by atoms with E-state index in [0.29, 0.717) is 0 Å². The van der Waals surface area contributed by atoms with Crippen molar-refractivity contribution in [3.8, 4) is 33.4 Å². The van der Waals surface area contributed by atoms with Crippen LogP contribution in [-0.2, 0) is 0 Å². The number of hydrogen-bond donors (Lipinski definition) is 1. The Morgan fingerprint density at radius 3 is 2.07 bits per heavy atom. The summed E-state index contributed by atoms with van der Waals surface area (Å²) in [6, 6.07) is 32.7. The van der Waals surface area contributed by atoms with Crippen molar-refractivity contribution in [1.29, 1.82) is 0 Å². The molecule has 0 aliphatic rings. The summed E-state index contributed by atoms with van der Waals surface area (Å²) in [5.41, 5.74) is 8.79. The zero-order chi connectivity index (χ0) is 18.9. The monoisotopic (exact) mass is 359 g/mol. The lowest BCUT2D eigenvalue weighted by atomic mass is 9.84. The number of nitrogens with one attached hydrogen (secondary N) is 1. The van der Waals surface area contributed by atoms with E-state index in [4.69, 9.17) is 0 Å². The van der Waals surface area contributed by atoms with Crippen LogP contribution in [0.15, 0.2) is 103 Å². The Morgan fingerprint density at radius 2 is 1.32 bits per heavy atom. The summed E-state index contributed by atoms with van der Waals surface area (Å²) in [4.78, 5) is 3.22. The van der Waals surface area contributed by atoms with Gasteiger partial charge in [-0.3, -0.25) is 0 Å². The molecule has 5 aromatic rings. The minimum absolute atomic E-state index is 1.21. The van der Waals surface area contributed by atoms with Crippen molar-refractivity contribution in [3.05, 3.63) is 109 Å². The predicted molar refractivity (Wildman–Crippen MR) is 119 cm³/mol. The van der Waals surface area contributed by atoms with Crippen molar-refractivity contribution in [2.45, 2.75) is 6.92 Å². The van der Waals surface area contributed by atoms with Crippen LogP contribution < -0.4 is 0 Å². The highest BCUT2D eigenvalue weighted by atomic mass is 14.6. The van der Waals surface area contributed by atoms with Crippen molar-refractivity contribution in [1.82, 2.24) is 4.98 Å². The third-order valence-corrected chi connectivity index (χ3v) is 5.36. The van der Waals surface area contributed by atoms with Gasteiger partial charge in [0.05, 0.1) is 0 Å². The van der Waals surface area contributed by atoms with Crippen LogP contribution in [0.1, 0.15) is 5.56 Å². The van der Waals surface area contributed by atoms with Crippen LogP contribution in [0.2, 0.25) is 0 Å². The van der Waals surface area contributed by atoms with Crippen LogP contribution in [0.4, 0.5) is 0 Å². The first-order chi connectivity index (χ1) is 13.8. The number of H-pyrrole nitrogens is 1. The third kappa shape index (κ3) is 2.82. The van der Waals surface area contributed by atoms with Gasteiger partial charge in [-0.25, -0.2) is 0 Å². The van der Waals surface area contributed by atoms with Crippen LogP contribution in [0, 0.1) is 6.92 Å². The normalized spacial score (nSPS) is 11.0. The Kier molecular flexibility index (Phi) is 4.06. The van der Waals surface area contributed by atoms with Gasteiger partial charge in [0.2, 0.25) is 0 Å². The second-order valence-corrected chi connectivity index (χ2v) is 7.23. The van der Waals surface area contributed by atoms with Gasteiger partial charge in [0.15, 0.2) is 0 Å². The molecule has 0 spiro atoms. The van der Waals surface area contributed by atoms with E-state index in [0.717, 1.165) is 0 Å². The van der Waals surface area contributed by atoms with E-state index in [1.165, 1.54) is 49.7 Å². The molecule has 134 valence electrons. The summed E-state index contributed by atoms with van der Waals surface area (Å²) in [5.74, 6) is 0. The van der Waals surface area contributed by atoms with Gasteiger partial charge < -0.3 is 4.98 Å². The van der Waals surface area contributed by atoms with E-state index >= 15 is 0 Å². The number of aromatic nitrogens is 1. The molecule has 0 aliphatic heterocycles. The molecule has 28 heavy (non-hydrogen) atoms. The summed E-state index contributed by atoms with van der Waals surface area (Å²) in [6.07, 6.45) is 4.07. The van der Waals surface area contributed by atoms with Crippen molar-refractivity contribution < 1.29 is 0 Å². The molecular formula is C27H21N. The number of rotatable bonds is 3. The summed E-state index contributed by atoms with van der Waals surface area (Å²) in [7, 11) is 0. The number of aryl methyl sites for hydroxylation is 1. The van der Waals surface area contributed by atoms with Gasteiger partial charge in [-0.1, -0.05) is 84.4 Å². The van der Waals surface area contributed by atoms with Gasteiger partial charge in [0, 0.05) is 12.4 Å². The largest absolute Gasteiger partial charge is 0.367 e. The molecule has 0 fully saturated rings. The molecule has 1 heterocycles. The van der Waals surface area contributed by atoms with E-state index in [-0.39, 0.29) is 0 Å². The second kappa shape index (κ2) is 6.86. The predicted octanol–water partition coefficient (Wildman–Crippen LogP) is 7.48. The zero-order valence-corrected chi connectivity index (χ0v) is 15.8. The SMILES string of the molecule is Cc1ccc(-c2c(-c3ccccc3)c(-c3cc[nH]c3)cc3ccccc23)cc1. The standard InChI is InChI=1S/C27H21N/c1-19-11-13-21(14-12-19)26-24-10-6-5-9-22(24)17-25(23-15-16-28-18-23)27(26)20-7-3-2-4-8-20/h2-18,28H,1H3. The molecule has 0 saturated heterocycles. The smallest absolute Gasteiger partial charge is 0.00843 e. The Bertz CT molecular complexity index is 1230. The molecule has 5 rings (SSSR count).